The second-order valence-electron chi connectivity index (χ2n) is 10.5. The minimum Gasteiger partial charge on any atom is -0.389 e. The molecule has 1 aliphatic heterocycles. The molecule has 12 heteroatoms. The Balaban J connectivity index is 1.48. The first-order valence-electron chi connectivity index (χ1n) is 13.6. The van der Waals surface area contributed by atoms with Crippen molar-refractivity contribution in [2.75, 3.05) is 31.2 Å². The Kier molecular flexibility index (Phi) is 7.82. The second-order valence-corrected chi connectivity index (χ2v) is 12.7. The van der Waals surface area contributed by atoms with Crippen molar-refractivity contribution in [2.24, 2.45) is 0 Å². The minimum atomic E-state index is -4.05. The lowest BCUT2D eigenvalue weighted by Crippen LogP contribution is -2.32. The third-order valence-electron chi connectivity index (χ3n) is 7.47. The molecule has 2 aromatic carbocycles. The molecule has 222 valence electrons. The molecule has 0 radical (unpaired) electrons. The van der Waals surface area contributed by atoms with Crippen LogP contribution in [0, 0.1) is 12.7 Å². The van der Waals surface area contributed by atoms with Crippen molar-refractivity contribution < 1.29 is 22.7 Å². The quantitative estimate of drug-likeness (QED) is 0.298. The van der Waals surface area contributed by atoms with Crippen molar-refractivity contribution in [2.45, 2.75) is 24.5 Å². The highest BCUT2D eigenvalue weighted by molar-refractivity contribution is 7.90. The maximum Gasteiger partial charge on any atom is 0.269 e. The van der Waals surface area contributed by atoms with Gasteiger partial charge in [-0.1, -0.05) is 41.4 Å². The summed E-state index contributed by atoms with van der Waals surface area (Å²) in [5.41, 5.74) is 2.58. The molecule has 0 aliphatic carbocycles. The van der Waals surface area contributed by atoms with Crippen molar-refractivity contribution in [1.82, 2.24) is 13.5 Å². The molecule has 1 fully saturated rings. The molecule has 9 nitrogen and oxygen atoms in total. The fourth-order valence-corrected chi connectivity index (χ4v) is 6.68. The molecule has 0 bridgehead atoms. The largest absolute Gasteiger partial charge is 0.389 e. The van der Waals surface area contributed by atoms with E-state index in [4.69, 9.17) is 16.3 Å². The van der Waals surface area contributed by atoms with Crippen LogP contribution < -0.4 is 10.5 Å². The summed E-state index contributed by atoms with van der Waals surface area (Å²) in [6.45, 7) is 3.31. The summed E-state index contributed by atoms with van der Waals surface area (Å²) in [7, 11) is -4.05. The van der Waals surface area contributed by atoms with E-state index in [1.807, 2.05) is 17.9 Å². The Morgan fingerprint density at radius 1 is 1.14 bits per heavy atom. The summed E-state index contributed by atoms with van der Waals surface area (Å²) in [6.07, 6.45) is 3.88. The highest BCUT2D eigenvalue weighted by atomic mass is 35.5. The van der Waals surface area contributed by atoms with Gasteiger partial charge in [-0.2, -0.15) is 0 Å². The number of ether oxygens (including phenoxy) is 1. The van der Waals surface area contributed by atoms with Gasteiger partial charge in [-0.05, 0) is 42.8 Å². The first kappa shape index (κ1) is 29.1. The molecule has 1 N–H and O–H groups in total. The fraction of sp³-hybridized carbons (Fsp3) is 0.226. The van der Waals surface area contributed by atoms with Crippen molar-refractivity contribution in [3.05, 3.63) is 112 Å². The normalized spacial score (nSPS) is 16.0. The van der Waals surface area contributed by atoms with Gasteiger partial charge >= 0.3 is 0 Å². The maximum absolute atomic E-state index is 14.5. The summed E-state index contributed by atoms with van der Waals surface area (Å²) in [5.74, 6) is -0.591. The van der Waals surface area contributed by atoms with Crippen molar-refractivity contribution >= 4 is 38.3 Å². The van der Waals surface area contributed by atoms with Crippen LogP contribution in [-0.4, -0.2) is 59.5 Å². The number of aliphatic hydroxyl groups is 1. The summed E-state index contributed by atoms with van der Waals surface area (Å²) < 4.78 is 50.1. The highest BCUT2D eigenvalue weighted by Gasteiger charge is 2.25. The molecule has 0 saturated carbocycles. The zero-order valence-corrected chi connectivity index (χ0v) is 24.7. The third-order valence-corrected chi connectivity index (χ3v) is 9.42. The lowest BCUT2D eigenvalue weighted by Gasteiger charge is -2.23. The van der Waals surface area contributed by atoms with Gasteiger partial charge in [0.1, 0.15) is 5.82 Å². The number of aliphatic hydroxyl groups excluding tert-OH is 1. The minimum absolute atomic E-state index is 0.0276. The van der Waals surface area contributed by atoms with E-state index in [1.54, 1.807) is 48.7 Å². The molecule has 1 aliphatic rings. The topological polar surface area (TPSA) is 107 Å². The predicted octanol–water partition coefficient (Wildman–Crippen LogP) is 4.45. The average Bonchev–Trinajstić information content (AvgIpc) is 3.24. The molecular formula is C31H28ClFN4O5S. The zero-order chi connectivity index (χ0) is 30.3. The molecule has 0 spiro atoms. The SMILES string of the molecule is Cc1ccc(S(=O)(=O)n2cc(-c3ccn(Cc4cccc(Cl)c4F)c(=O)c3)c3cc(N4CCOCC(O)C4)cnc32)cc1. The van der Waals surface area contributed by atoms with Crippen LogP contribution in [0.15, 0.2) is 88.9 Å². The number of nitrogens with zero attached hydrogens (tertiary/aromatic N) is 4. The smallest absolute Gasteiger partial charge is 0.269 e. The van der Waals surface area contributed by atoms with E-state index < -0.39 is 27.5 Å². The fourth-order valence-electron chi connectivity index (χ4n) is 5.17. The lowest BCUT2D eigenvalue weighted by molar-refractivity contribution is 0.0597. The monoisotopic (exact) mass is 622 g/mol. The van der Waals surface area contributed by atoms with Gasteiger partial charge in [0.2, 0.25) is 0 Å². The van der Waals surface area contributed by atoms with Crippen LogP contribution in [0.1, 0.15) is 11.1 Å². The number of hydrogen-bond donors (Lipinski definition) is 1. The summed E-state index contributed by atoms with van der Waals surface area (Å²) in [5, 5.41) is 10.8. The van der Waals surface area contributed by atoms with Gasteiger partial charge in [0.05, 0.1) is 47.7 Å². The van der Waals surface area contributed by atoms with Gasteiger partial charge in [-0.25, -0.2) is 21.8 Å². The number of hydrogen-bond acceptors (Lipinski definition) is 7. The molecule has 4 heterocycles. The van der Waals surface area contributed by atoms with Crippen LogP contribution in [0.2, 0.25) is 5.02 Å². The Bertz CT molecular complexity index is 1990. The molecule has 1 saturated heterocycles. The zero-order valence-electron chi connectivity index (χ0n) is 23.2. The summed E-state index contributed by atoms with van der Waals surface area (Å²) >= 11 is 5.91. The number of aryl methyl sites for hydroxylation is 1. The van der Waals surface area contributed by atoms with E-state index in [9.17, 15) is 22.7 Å². The van der Waals surface area contributed by atoms with Crippen LogP contribution in [-0.2, 0) is 21.3 Å². The molecule has 6 rings (SSSR count). The van der Waals surface area contributed by atoms with Crippen LogP contribution in [0.25, 0.3) is 22.2 Å². The van der Waals surface area contributed by atoms with Crippen molar-refractivity contribution in [1.29, 1.82) is 0 Å². The van der Waals surface area contributed by atoms with Gasteiger partial charge in [-0.15, -0.1) is 0 Å². The van der Waals surface area contributed by atoms with E-state index in [2.05, 4.69) is 4.98 Å². The number of anilines is 1. The van der Waals surface area contributed by atoms with E-state index in [0.717, 1.165) is 9.54 Å². The van der Waals surface area contributed by atoms with Gasteiger partial charge in [-0.3, -0.25) is 4.79 Å². The standard InChI is InChI=1S/C31H28ClFN4O5S/c1-20-5-7-25(8-6-20)43(40,41)37-18-27(26-14-23(15-34-31(26)37)35-11-12-42-19-24(38)17-35)21-9-10-36(29(39)13-21)16-22-3-2-4-28(32)30(22)33/h2-10,13-15,18,24,38H,11-12,16-17,19H2,1H3. The van der Waals surface area contributed by atoms with E-state index in [0.29, 0.717) is 41.9 Å². The number of fused-ring (bicyclic) bond motifs is 1. The van der Waals surface area contributed by atoms with E-state index in [-0.39, 0.29) is 34.3 Å². The van der Waals surface area contributed by atoms with Crippen LogP contribution in [0.3, 0.4) is 0 Å². The van der Waals surface area contributed by atoms with Crippen LogP contribution in [0.4, 0.5) is 10.1 Å². The maximum atomic E-state index is 14.5. The molecule has 3 aromatic heterocycles. The molecule has 5 aromatic rings. The van der Waals surface area contributed by atoms with Crippen molar-refractivity contribution in [3.8, 4) is 11.1 Å². The Hall–Kier alpha value is -4.03. The third kappa shape index (κ3) is 5.68. The van der Waals surface area contributed by atoms with Gasteiger partial charge in [0, 0.05) is 48.1 Å². The molecule has 1 unspecified atom stereocenters. The lowest BCUT2D eigenvalue weighted by atomic mass is 10.1. The van der Waals surface area contributed by atoms with Crippen molar-refractivity contribution in [3.63, 3.8) is 0 Å². The average molecular weight is 623 g/mol. The number of β-amino-alcohol motifs (C(OH)–C–C–N with tert-alkyl or cyclic N) is 1. The molecule has 43 heavy (non-hydrogen) atoms. The number of halogens is 2. The second kappa shape index (κ2) is 11.6. The highest BCUT2D eigenvalue weighted by Crippen LogP contribution is 2.34. The number of benzene rings is 2. The molecule has 1 atom stereocenters. The molecular weight excluding hydrogens is 595 g/mol. The van der Waals surface area contributed by atoms with Crippen LogP contribution >= 0.6 is 11.6 Å². The first-order valence-corrected chi connectivity index (χ1v) is 15.4. The Morgan fingerprint density at radius 3 is 2.70 bits per heavy atom. The Morgan fingerprint density at radius 2 is 1.93 bits per heavy atom. The van der Waals surface area contributed by atoms with Gasteiger partial charge < -0.3 is 19.3 Å². The van der Waals surface area contributed by atoms with E-state index in [1.165, 1.54) is 29.1 Å². The van der Waals surface area contributed by atoms with Gasteiger partial charge in [0.15, 0.2) is 5.65 Å². The number of aromatic nitrogens is 3. The molecule has 0 amide bonds. The summed E-state index contributed by atoms with van der Waals surface area (Å²) in [6, 6.07) is 16.0. The number of rotatable bonds is 6. The van der Waals surface area contributed by atoms with Gasteiger partial charge in [0.25, 0.3) is 15.6 Å². The Labute approximate surface area is 252 Å². The number of pyridine rings is 2. The van der Waals surface area contributed by atoms with Crippen LogP contribution in [0.5, 0.6) is 0 Å². The predicted molar refractivity (Wildman–Crippen MR) is 163 cm³/mol. The summed E-state index contributed by atoms with van der Waals surface area (Å²) in [4.78, 5) is 19.8. The first-order chi connectivity index (χ1) is 20.6. The van der Waals surface area contributed by atoms with E-state index >= 15 is 0 Å².